The fourth-order valence-electron chi connectivity index (χ4n) is 2.36. The van der Waals surface area contributed by atoms with Crippen LogP contribution in [-0.4, -0.2) is 27.8 Å². The van der Waals surface area contributed by atoms with Gasteiger partial charge in [0.2, 0.25) is 0 Å². The van der Waals surface area contributed by atoms with E-state index >= 15 is 0 Å². The van der Waals surface area contributed by atoms with E-state index in [1.165, 1.54) is 4.90 Å². The quantitative estimate of drug-likeness (QED) is 0.820. The van der Waals surface area contributed by atoms with Crippen LogP contribution in [0, 0.1) is 0 Å². The van der Waals surface area contributed by atoms with Gasteiger partial charge in [-0.1, -0.05) is 60.7 Å². The molecule has 1 amide bonds. The summed E-state index contributed by atoms with van der Waals surface area (Å²) in [4.78, 5) is 12.7. The van der Waals surface area contributed by atoms with Gasteiger partial charge in [0, 0.05) is 13.1 Å². The third-order valence-electron chi connectivity index (χ3n) is 3.58. The van der Waals surface area contributed by atoms with Gasteiger partial charge in [0.05, 0.1) is 6.10 Å². The zero-order valence-electron chi connectivity index (χ0n) is 12.4. The van der Waals surface area contributed by atoms with Gasteiger partial charge < -0.3 is 15.1 Å². The van der Waals surface area contributed by atoms with Gasteiger partial charge in [0.25, 0.3) is 0 Å². The van der Waals surface area contributed by atoms with Crippen LogP contribution < -0.4 is 0 Å². The minimum atomic E-state index is -0.932. The monoisotopic (exact) mass is 299 g/mol. The van der Waals surface area contributed by atoms with Gasteiger partial charge in [0.1, 0.15) is 0 Å². The third kappa shape index (κ3) is 4.90. The topological polar surface area (TPSA) is 60.8 Å². The van der Waals surface area contributed by atoms with Gasteiger partial charge in [-0.05, 0) is 24.0 Å². The van der Waals surface area contributed by atoms with E-state index in [0.29, 0.717) is 25.9 Å². The zero-order chi connectivity index (χ0) is 15.8. The van der Waals surface area contributed by atoms with Crippen LogP contribution in [-0.2, 0) is 6.54 Å². The van der Waals surface area contributed by atoms with E-state index < -0.39 is 12.2 Å². The summed E-state index contributed by atoms with van der Waals surface area (Å²) in [6.45, 7) is 0.783. The van der Waals surface area contributed by atoms with E-state index in [1.54, 1.807) is 0 Å². The minimum absolute atomic E-state index is 0.373. The summed E-state index contributed by atoms with van der Waals surface area (Å²) < 4.78 is 0. The average Bonchev–Trinajstić information content (AvgIpc) is 2.55. The summed E-state index contributed by atoms with van der Waals surface area (Å²) >= 11 is 0. The lowest BCUT2D eigenvalue weighted by Gasteiger charge is -2.20. The van der Waals surface area contributed by atoms with E-state index in [0.717, 1.165) is 11.1 Å². The number of carboxylic acid groups (broad SMARTS) is 1. The molecule has 2 aromatic carbocycles. The van der Waals surface area contributed by atoms with Crippen molar-refractivity contribution >= 4 is 6.09 Å². The average molecular weight is 299 g/mol. The Morgan fingerprint density at radius 1 is 1.00 bits per heavy atom. The maximum absolute atomic E-state index is 11.3. The lowest BCUT2D eigenvalue weighted by Crippen LogP contribution is -2.30. The number of benzene rings is 2. The molecule has 22 heavy (non-hydrogen) atoms. The first-order valence-corrected chi connectivity index (χ1v) is 7.41. The van der Waals surface area contributed by atoms with Gasteiger partial charge in [-0.25, -0.2) is 4.79 Å². The van der Waals surface area contributed by atoms with Crippen LogP contribution in [0.4, 0.5) is 4.79 Å². The van der Waals surface area contributed by atoms with Gasteiger partial charge >= 0.3 is 6.09 Å². The molecule has 0 bridgehead atoms. The second-order valence-electron chi connectivity index (χ2n) is 5.26. The predicted molar refractivity (Wildman–Crippen MR) is 85.5 cm³/mol. The third-order valence-corrected chi connectivity index (χ3v) is 3.58. The first-order chi connectivity index (χ1) is 10.7. The van der Waals surface area contributed by atoms with Crippen molar-refractivity contribution in [2.45, 2.75) is 25.5 Å². The molecular weight excluding hydrogens is 278 g/mol. The molecule has 0 saturated heterocycles. The first-order valence-electron chi connectivity index (χ1n) is 7.41. The maximum atomic E-state index is 11.3. The van der Waals surface area contributed by atoms with Crippen molar-refractivity contribution in [2.75, 3.05) is 6.54 Å². The highest BCUT2D eigenvalue weighted by Crippen LogP contribution is 2.18. The second kappa shape index (κ2) is 8.20. The highest BCUT2D eigenvalue weighted by atomic mass is 16.4. The number of amides is 1. The van der Waals surface area contributed by atoms with E-state index in [-0.39, 0.29) is 0 Å². The molecule has 116 valence electrons. The Balaban J connectivity index is 1.83. The molecule has 4 heteroatoms. The molecule has 0 aliphatic carbocycles. The molecule has 2 aromatic rings. The summed E-state index contributed by atoms with van der Waals surface area (Å²) in [5, 5.41) is 19.4. The Kier molecular flexibility index (Phi) is 5.98. The van der Waals surface area contributed by atoms with E-state index in [4.69, 9.17) is 0 Å². The molecule has 2 N–H and O–H groups in total. The van der Waals surface area contributed by atoms with Crippen molar-refractivity contribution in [1.29, 1.82) is 0 Å². The number of nitrogens with zero attached hydrogens (tertiary/aromatic N) is 1. The molecule has 1 atom stereocenters. The standard InChI is InChI=1S/C18H21NO3/c20-17(16-10-5-2-6-11-16)12-7-13-19(18(21)22)14-15-8-3-1-4-9-15/h1-6,8-11,17,20H,7,12-14H2,(H,21,22). The fraction of sp³-hybridized carbons (Fsp3) is 0.278. The SMILES string of the molecule is O=C(O)N(CCCC(O)c1ccccc1)Cc1ccccc1. The molecule has 0 heterocycles. The summed E-state index contributed by atoms with van der Waals surface area (Å²) in [5.74, 6) is 0. The highest BCUT2D eigenvalue weighted by molar-refractivity contribution is 5.64. The highest BCUT2D eigenvalue weighted by Gasteiger charge is 2.13. The molecule has 0 radical (unpaired) electrons. The summed E-state index contributed by atoms with van der Waals surface area (Å²) in [7, 11) is 0. The Bertz CT molecular complexity index is 571. The molecule has 1 unspecified atom stereocenters. The van der Waals surface area contributed by atoms with Crippen LogP contribution in [0.2, 0.25) is 0 Å². The van der Waals surface area contributed by atoms with Crippen molar-refractivity contribution < 1.29 is 15.0 Å². The van der Waals surface area contributed by atoms with Crippen molar-refractivity contribution in [2.24, 2.45) is 0 Å². The van der Waals surface area contributed by atoms with Gasteiger partial charge in [-0.15, -0.1) is 0 Å². The molecule has 0 fully saturated rings. The van der Waals surface area contributed by atoms with Crippen LogP contribution in [0.5, 0.6) is 0 Å². The normalized spacial score (nSPS) is 11.9. The first kappa shape index (κ1) is 16.0. The number of aliphatic hydroxyl groups excluding tert-OH is 1. The van der Waals surface area contributed by atoms with Gasteiger partial charge in [-0.3, -0.25) is 0 Å². The van der Waals surface area contributed by atoms with Crippen LogP contribution >= 0.6 is 0 Å². The summed E-state index contributed by atoms with van der Waals surface area (Å²) in [6.07, 6.45) is -0.316. The number of carbonyl (C=O) groups is 1. The number of aliphatic hydroxyl groups is 1. The smallest absolute Gasteiger partial charge is 0.407 e. The predicted octanol–water partition coefficient (Wildman–Crippen LogP) is 3.68. The maximum Gasteiger partial charge on any atom is 0.407 e. The van der Waals surface area contributed by atoms with Gasteiger partial charge in [0.15, 0.2) is 0 Å². The second-order valence-corrected chi connectivity index (χ2v) is 5.26. The molecule has 0 spiro atoms. The molecule has 0 aliphatic rings. The van der Waals surface area contributed by atoms with E-state index in [9.17, 15) is 15.0 Å². The number of hydrogen-bond acceptors (Lipinski definition) is 2. The largest absolute Gasteiger partial charge is 0.465 e. The molecule has 0 aliphatic heterocycles. The molecule has 2 rings (SSSR count). The molecule has 0 aromatic heterocycles. The van der Waals surface area contributed by atoms with Crippen molar-refractivity contribution in [3.8, 4) is 0 Å². The molecular formula is C18H21NO3. The summed E-state index contributed by atoms with van der Waals surface area (Å²) in [6, 6.07) is 19.0. The van der Waals surface area contributed by atoms with E-state index in [2.05, 4.69) is 0 Å². The molecule has 0 saturated carbocycles. The molecule has 4 nitrogen and oxygen atoms in total. The number of hydrogen-bond donors (Lipinski definition) is 2. The lowest BCUT2D eigenvalue weighted by molar-refractivity contribution is 0.130. The van der Waals surface area contributed by atoms with Gasteiger partial charge in [-0.2, -0.15) is 0 Å². The van der Waals surface area contributed by atoms with Crippen molar-refractivity contribution in [3.63, 3.8) is 0 Å². The number of rotatable bonds is 7. The Morgan fingerprint density at radius 3 is 2.18 bits per heavy atom. The van der Waals surface area contributed by atoms with Crippen LogP contribution in [0.25, 0.3) is 0 Å². The summed E-state index contributed by atoms with van der Waals surface area (Å²) in [5.41, 5.74) is 1.83. The van der Waals surface area contributed by atoms with Crippen LogP contribution in [0.15, 0.2) is 60.7 Å². The van der Waals surface area contributed by atoms with Crippen molar-refractivity contribution in [3.05, 3.63) is 71.8 Å². The fourth-order valence-corrected chi connectivity index (χ4v) is 2.36. The Labute approximate surface area is 130 Å². The Hall–Kier alpha value is -2.33. The van der Waals surface area contributed by atoms with E-state index in [1.807, 2.05) is 60.7 Å². The Morgan fingerprint density at radius 2 is 1.59 bits per heavy atom. The van der Waals surface area contributed by atoms with Crippen LogP contribution in [0.3, 0.4) is 0 Å². The van der Waals surface area contributed by atoms with Crippen LogP contribution in [0.1, 0.15) is 30.1 Å². The minimum Gasteiger partial charge on any atom is -0.465 e. The zero-order valence-corrected chi connectivity index (χ0v) is 12.4. The van der Waals surface area contributed by atoms with Crippen molar-refractivity contribution in [1.82, 2.24) is 4.90 Å². The lowest BCUT2D eigenvalue weighted by atomic mass is 10.0.